The molecule has 0 aliphatic rings. The Balaban J connectivity index is 2.62. The van der Waals surface area contributed by atoms with Gasteiger partial charge in [-0.25, -0.2) is 0 Å². The Morgan fingerprint density at radius 1 is 1.24 bits per heavy atom. The number of nitrogens with one attached hydrogen (secondary N) is 2. The van der Waals surface area contributed by atoms with Crippen LogP contribution in [0.1, 0.15) is 32.4 Å². The summed E-state index contributed by atoms with van der Waals surface area (Å²) in [5, 5.41) is 14.1. The van der Waals surface area contributed by atoms with Gasteiger partial charge in [0.1, 0.15) is 5.75 Å². The van der Waals surface area contributed by atoms with Gasteiger partial charge >= 0.3 is 11.8 Å². The van der Waals surface area contributed by atoms with Gasteiger partial charge in [-0.15, -0.1) is 0 Å². The van der Waals surface area contributed by atoms with Gasteiger partial charge < -0.3 is 20.5 Å². The number of amides is 2. The fourth-order valence-electron chi connectivity index (χ4n) is 1.64. The molecular weight excluding hydrogens is 272 g/mol. The molecule has 6 heteroatoms. The molecule has 0 saturated heterocycles. The third kappa shape index (κ3) is 5.07. The van der Waals surface area contributed by atoms with Crippen molar-refractivity contribution in [2.45, 2.75) is 32.4 Å². The zero-order chi connectivity index (χ0) is 16.0. The average molecular weight is 294 g/mol. The summed E-state index contributed by atoms with van der Waals surface area (Å²) >= 11 is 0. The molecule has 0 aliphatic carbocycles. The summed E-state index contributed by atoms with van der Waals surface area (Å²) in [6, 6.07) is 6.89. The first-order valence-electron chi connectivity index (χ1n) is 6.67. The summed E-state index contributed by atoms with van der Waals surface area (Å²) in [5.74, 6) is -0.783. The summed E-state index contributed by atoms with van der Waals surface area (Å²) in [5.41, 5.74) is 0.0241. The van der Waals surface area contributed by atoms with Crippen LogP contribution in [0.2, 0.25) is 0 Å². The number of carbonyl (C=O) groups excluding carboxylic acids is 2. The molecule has 1 aromatic carbocycles. The number of carbonyl (C=O) groups is 2. The van der Waals surface area contributed by atoms with Gasteiger partial charge in [-0.3, -0.25) is 9.59 Å². The molecule has 1 unspecified atom stereocenters. The van der Waals surface area contributed by atoms with Gasteiger partial charge in [0.15, 0.2) is 0 Å². The minimum Gasteiger partial charge on any atom is -0.497 e. The molecule has 0 aromatic heterocycles. The number of rotatable bonds is 5. The smallest absolute Gasteiger partial charge is 0.309 e. The van der Waals surface area contributed by atoms with Crippen LogP contribution in [0.15, 0.2) is 24.3 Å². The molecule has 116 valence electrons. The maximum Gasteiger partial charge on any atom is 0.309 e. The Morgan fingerprint density at radius 2 is 1.81 bits per heavy atom. The van der Waals surface area contributed by atoms with E-state index in [4.69, 9.17) is 9.84 Å². The second kappa shape index (κ2) is 7.08. The zero-order valence-corrected chi connectivity index (χ0v) is 12.8. The topological polar surface area (TPSA) is 87.7 Å². The van der Waals surface area contributed by atoms with E-state index in [1.54, 1.807) is 40.0 Å². The Bertz CT molecular complexity index is 497. The normalized spacial score (nSPS) is 12.4. The highest BCUT2D eigenvalue weighted by Crippen LogP contribution is 2.17. The van der Waals surface area contributed by atoms with Crippen LogP contribution in [-0.4, -0.2) is 36.2 Å². The Hall–Kier alpha value is -2.08. The second-order valence-corrected chi connectivity index (χ2v) is 5.46. The number of hydrogen-bond donors (Lipinski definition) is 3. The Labute approximate surface area is 124 Å². The van der Waals surface area contributed by atoms with Gasteiger partial charge in [-0.05, 0) is 38.5 Å². The van der Waals surface area contributed by atoms with Crippen molar-refractivity contribution in [1.29, 1.82) is 0 Å². The lowest BCUT2D eigenvalue weighted by atomic mass is 10.1. The largest absolute Gasteiger partial charge is 0.497 e. The summed E-state index contributed by atoms with van der Waals surface area (Å²) in [4.78, 5) is 23.5. The minimum absolute atomic E-state index is 0.250. The third-order valence-corrected chi connectivity index (χ3v) is 3.02. The van der Waals surface area contributed by atoms with Gasteiger partial charge in [0.05, 0.1) is 25.3 Å². The van der Waals surface area contributed by atoms with E-state index >= 15 is 0 Å². The van der Waals surface area contributed by atoms with Crippen molar-refractivity contribution < 1.29 is 19.4 Å². The van der Waals surface area contributed by atoms with Crippen molar-refractivity contribution in [1.82, 2.24) is 10.6 Å². The summed E-state index contributed by atoms with van der Waals surface area (Å²) in [6.07, 6.45) is 0. The van der Waals surface area contributed by atoms with Crippen LogP contribution in [0.3, 0.4) is 0 Å². The number of ether oxygens (including phenoxy) is 1. The fourth-order valence-corrected chi connectivity index (χ4v) is 1.64. The number of aliphatic hydroxyl groups is 1. The maximum atomic E-state index is 11.8. The quantitative estimate of drug-likeness (QED) is 0.700. The average Bonchev–Trinajstić information content (AvgIpc) is 2.46. The standard InChI is InChI=1S/C15H22N2O4/c1-10(11-5-7-12(21-4)8-6-11)16-13(19)14(20)17-15(2,3)9-18/h5-8,10,18H,9H2,1-4H3,(H,16,19)(H,17,20). The SMILES string of the molecule is COc1ccc(C(C)NC(=O)C(=O)NC(C)(C)CO)cc1. The van der Waals surface area contributed by atoms with E-state index in [9.17, 15) is 9.59 Å². The fraction of sp³-hybridized carbons (Fsp3) is 0.467. The van der Waals surface area contributed by atoms with Crippen molar-refractivity contribution in [2.75, 3.05) is 13.7 Å². The van der Waals surface area contributed by atoms with E-state index in [1.807, 2.05) is 12.1 Å². The highest BCUT2D eigenvalue weighted by atomic mass is 16.5. The van der Waals surface area contributed by atoms with Crippen LogP contribution >= 0.6 is 0 Å². The molecule has 0 aliphatic heterocycles. The van der Waals surface area contributed by atoms with Crippen LogP contribution in [-0.2, 0) is 9.59 Å². The molecule has 2 amide bonds. The van der Waals surface area contributed by atoms with Crippen molar-refractivity contribution in [3.05, 3.63) is 29.8 Å². The van der Waals surface area contributed by atoms with E-state index < -0.39 is 17.4 Å². The van der Waals surface area contributed by atoms with Gasteiger partial charge in [0.2, 0.25) is 0 Å². The molecule has 0 saturated carbocycles. The van der Waals surface area contributed by atoms with E-state index in [1.165, 1.54) is 0 Å². The highest BCUT2D eigenvalue weighted by molar-refractivity contribution is 6.35. The molecule has 0 bridgehead atoms. The first kappa shape index (κ1) is 17.0. The molecule has 1 aromatic rings. The van der Waals surface area contributed by atoms with E-state index in [0.29, 0.717) is 0 Å². The van der Waals surface area contributed by atoms with Gasteiger partial charge in [0, 0.05) is 0 Å². The van der Waals surface area contributed by atoms with Crippen molar-refractivity contribution in [3.8, 4) is 5.75 Å². The zero-order valence-electron chi connectivity index (χ0n) is 12.8. The predicted molar refractivity (Wildman–Crippen MR) is 78.9 cm³/mol. The highest BCUT2D eigenvalue weighted by Gasteiger charge is 2.24. The van der Waals surface area contributed by atoms with Crippen molar-refractivity contribution in [2.24, 2.45) is 0 Å². The molecule has 1 atom stereocenters. The van der Waals surface area contributed by atoms with Crippen molar-refractivity contribution in [3.63, 3.8) is 0 Å². The van der Waals surface area contributed by atoms with Crippen LogP contribution in [0.5, 0.6) is 5.75 Å². The predicted octanol–water partition coefficient (Wildman–Crippen LogP) is 0.759. The Kier molecular flexibility index (Phi) is 5.72. The van der Waals surface area contributed by atoms with E-state index in [0.717, 1.165) is 11.3 Å². The van der Waals surface area contributed by atoms with Crippen LogP contribution < -0.4 is 15.4 Å². The summed E-state index contributed by atoms with van der Waals surface area (Å²) in [6.45, 7) is 4.79. The molecule has 0 fully saturated rings. The lowest BCUT2D eigenvalue weighted by molar-refractivity contribution is -0.140. The maximum absolute atomic E-state index is 11.8. The van der Waals surface area contributed by atoms with Crippen molar-refractivity contribution >= 4 is 11.8 Å². The summed E-state index contributed by atoms with van der Waals surface area (Å²) < 4.78 is 5.06. The third-order valence-electron chi connectivity index (χ3n) is 3.02. The molecule has 0 spiro atoms. The molecular formula is C15H22N2O4. The lowest BCUT2D eigenvalue weighted by Crippen LogP contribution is -2.51. The van der Waals surface area contributed by atoms with Crippen LogP contribution in [0.25, 0.3) is 0 Å². The number of methoxy groups -OCH3 is 1. The number of aliphatic hydroxyl groups excluding tert-OH is 1. The van der Waals surface area contributed by atoms with Gasteiger partial charge in [-0.2, -0.15) is 0 Å². The molecule has 0 heterocycles. The minimum atomic E-state index is -0.836. The van der Waals surface area contributed by atoms with Gasteiger partial charge in [0.25, 0.3) is 0 Å². The van der Waals surface area contributed by atoms with E-state index in [2.05, 4.69) is 10.6 Å². The second-order valence-electron chi connectivity index (χ2n) is 5.46. The summed E-state index contributed by atoms with van der Waals surface area (Å²) in [7, 11) is 1.58. The molecule has 3 N–H and O–H groups in total. The number of benzene rings is 1. The lowest BCUT2D eigenvalue weighted by Gasteiger charge is -2.23. The monoisotopic (exact) mass is 294 g/mol. The van der Waals surface area contributed by atoms with E-state index in [-0.39, 0.29) is 12.6 Å². The molecule has 1 rings (SSSR count). The molecule has 21 heavy (non-hydrogen) atoms. The Morgan fingerprint density at radius 3 is 2.29 bits per heavy atom. The first-order valence-corrected chi connectivity index (χ1v) is 6.67. The first-order chi connectivity index (χ1) is 9.79. The van der Waals surface area contributed by atoms with Crippen LogP contribution in [0, 0.1) is 0 Å². The van der Waals surface area contributed by atoms with Gasteiger partial charge in [-0.1, -0.05) is 12.1 Å². The number of hydrogen-bond acceptors (Lipinski definition) is 4. The molecule has 0 radical (unpaired) electrons. The molecule has 6 nitrogen and oxygen atoms in total. The van der Waals surface area contributed by atoms with Crippen LogP contribution in [0.4, 0.5) is 0 Å².